The number of benzene rings is 2. The Labute approximate surface area is 228 Å². The second-order valence-electron chi connectivity index (χ2n) is 11.0. The predicted octanol–water partition coefficient (Wildman–Crippen LogP) is 3.55. The van der Waals surface area contributed by atoms with Crippen LogP contribution in [0.15, 0.2) is 53.3 Å². The predicted molar refractivity (Wildman–Crippen MR) is 149 cm³/mol. The molecular formula is C30H38N4O5. The van der Waals surface area contributed by atoms with Crippen molar-refractivity contribution in [1.82, 2.24) is 19.4 Å². The number of H-pyrrole nitrogens is 1. The largest absolute Gasteiger partial charge is 0.497 e. The lowest BCUT2D eigenvalue weighted by Crippen LogP contribution is -2.46. The van der Waals surface area contributed by atoms with Crippen LogP contribution in [0.3, 0.4) is 0 Å². The highest BCUT2D eigenvalue weighted by molar-refractivity contribution is 5.79. The van der Waals surface area contributed by atoms with Crippen LogP contribution in [0.1, 0.15) is 43.7 Å². The van der Waals surface area contributed by atoms with E-state index >= 15 is 0 Å². The van der Waals surface area contributed by atoms with Crippen molar-refractivity contribution in [3.05, 3.63) is 64.6 Å². The molecule has 2 aromatic carbocycles. The van der Waals surface area contributed by atoms with Crippen LogP contribution in [-0.2, 0) is 16.0 Å². The van der Waals surface area contributed by atoms with Crippen molar-refractivity contribution in [2.75, 3.05) is 39.8 Å². The van der Waals surface area contributed by atoms with Crippen molar-refractivity contribution in [3.8, 4) is 5.75 Å². The molecule has 39 heavy (non-hydrogen) atoms. The van der Waals surface area contributed by atoms with Gasteiger partial charge in [-0.05, 0) is 73.9 Å². The Morgan fingerprint density at radius 2 is 1.74 bits per heavy atom. The third-order valence-corrected chi connectivity index (χ3v) is 8.56. The summed E-state index contributed by atoms with van der Waals surface area (Å²) in [5, 5.41) is 9.50. The lowest BCUT2D eigenvalue weighted by Gasteiger charge is -2.40. The summed E-state index contributed by atoms with van der Waals surface area (Å²) in [5.74, 6) is 0.314. The number of carbonyl (C=O) groups is 2. The number of aromatic nitrogens is 2. The van der Waals surface area contributed by atoms with E-state index in [9.17, 15) is 19.5 Å². The number of nitrogens with one attached hydrogen (secondary N) is 1. The van der Waals surface area contributed by atoms with E-state index in [-0.39, 0.29) is 35.9 Å². The van der Waals surface area contributed by atoms with Crippen LogP contribution >= 0.6 is 0 Å². The molecule has 9 nitrogen and oxygen atoms in total. The van der Waals surface area contributed by atoms with Gasteiger partial charge < -0.3 is 24.6 Å². The number of hydrogen-bond acceptors (Lipinski definition) is 5. The second kappa shape index (κ2) is 12.1. The summed E-state index contributed by atoms with van der Waals surface area (Å²) in [6, 6.07) is 15.6. The number of para-hydroxylation sites is 2. The van der Waals surface area contributed by atoms with E-state index in [4.69, 9.17) is 4.74 Å². The summed E-state index contributed by atoms with van der Waals surface area (Å²) in [7, 11) is 1.62. The van der Waals surface area contributed by atoms with Crippen molar-refractivity contribution in [1.29, 1.82) is 0 Å². The second-order valence-corrected chi connectivity index (χ2v) is 11.0. The van der Waals surface area contributed by atoms with E-state index in [2.05, 4.69) is 9.88 Å². The standard InChI is InChI=1S/C30H38N4O5/c1-39-25-8-6-21(7-9-25)18-28(35)33-17-11-22(19-29(36)37)23(20-33)10-14-32-15-12-24(13-16-32)34-27-5-3-2-4-26(27)31-30(34)38/h2-9,22-24H,10-20H2,1H3,(H,31,38)(H,36,37). The Morgan fingerprint density at radius 3 is 2.46 bits per heavy atom. The zero-order valence-electron chi connectivity index (χ0n) is 22.6. The lowest BCUT2D eigenvalue weighted by molar-refractivity contribution is -0.139. The van der Waals surface area contributed by atoms with Gasteiger partial charge in [-0.3, -0.25) is 14.2 Å². The third-order valence-electron chi connectivity index (χ3n) is 8.56. The number of aliphatic carboxylic acids is 1. The fourth-order valence-corrected chi connectivity index (χ4v) is 6.34. The first kappa shape index (κ1) is 27.0. The average Bonchev–Trinajstić information content (AvgIpc) is 3.28. The molecule has 0 aliphatic carbocycles. The number of hydrogen-bond donors (Lipinski definition) is 2. The van der Waals surface area contributed by atoms with Crippen molar-refractivity contribution < 1.29 is 19.4 Å². The summed E-state index contributed by atoms with van der Waals surface area (Å²) >= 11 is 0. The van der Waals surface area contributed by atoms with E-state index in [1.807, 2.05) is 58.0 Å². The number of carboxylic acids is 1. The molecule has 9 heteroatoms. The Bertz CT molecular complexity index is 1340. The molecule has 0 spiro atoms. The molecule has 2 fully saturated rings. The molecule has 1 aromatic heterocycles. The highest BCUT2D eigenvalue weighted by atomic mass is 16.5. The number of carboxylic acid groups (broad SMARTS) is 1. The number of nitrogens with zero attached hydrogens (tertiary/aromatic N) is 3. The van der Waals surface area contributed by atoms with Crippen molar-refractivity contribution in [2.24, 2.45) is 11.8 Å². The van der Waals surface area contributed by atoms with Gasteiger partial charge in [0.2, 0.25) is 5.91 Å². The molecule has 5 rings (SSSR count). The summed E-state index contributed by atoms with van der Waals surface area (Å²) in [6.45, 7) is 3.87. The van der Waals surface area contributed by atoms with Crippen molar-refractivity contribution in [3.63, 3.8) is 0 Å². The fraction of sp³-hybridized carbons (Fsp3) is 0.500. The van der Waals surface area contributed by atoms with Gasteiger partial charge in [0.1, 0.15) is 5.75 Å². The monoisotopic (exact) mass is 534 g/mol. The Morgan fingerprint density at radius 1 is 1.00 bits per heavy atom. The first-order chi connectivity index (χ1) is 18.9. The molecule has 208 valence electrons. The molecule has 0 bridgehead atoms. The van der Waals surface area contributed by atoms with Gasteiger partial charge in [0.15, 0.2) is 0 Å². The summed E-state index contributed by atoms with van der Waals surface area (Å²) in [4.78, 5) is 44.6. The first-order valence-corrected chi connectivity index (χ1v) is 14.0. The van der Waals surface area contributed by atoms with E-state index in [0.717, 1.165) is 67.7 Å². The number of fused-ring (bicyclic) bond motifs is 1. The third kappa shape index (κ3) is 6.36. The maximum Gasteiger partial charge on any atom is 0.326 e. The van der Waals surface area contributed by atoms with Gasteiger partial charge >= 0.3 is 11.7 Å². The molecule has 2 aliphatic rings. The molecule has 2 saturated heterocycles. The minimum Gasteiger partial charge on any atom is -0.497 e. The highest BCUT2D eigenvalue weighted by Crippen LogP contribution is 2.31. The van der Waals surface area contributed by atoms with Crippen LogP contribution in [0.5, 0.6) is 5.75 Å². The number of methoxy groups -OCH3 is 1. The van der Waals surface area contributed by atoms with Crippen molar-refractivity contribution in [2.45, 2.75) is 44.6 Å². The smallest absolute Gasteiger partial charge is 0.326 e. The van der Waals surface area contributed by atoms with E-state index in [1.54, 1.807) is 7.11 Å². The lowest BCUT2D eigenvalue weighted by atomic mass is 9.80. The maximum absolute atomic E-state index is 13.1. The topological polar surface area (TPSA) is 108 Å². The Hall–Kier alpha value is -3.59. The minimum atomic E-state index is -0.770. The number of amides is 1. The van der Waals surface area contributed by atoms with Crippen LogP contribution in [0.25, 0.3) is 11.0 Å². The fourth-order valence-electron chi connectivity index (χ4n) is 6.34. The Kier molecular flexibility index (Phi) is 8.35. The first-order valence-electron chi connectivity index (χ1n) is 14.0. The van der Waals surface area contributed by atoms with Crippen molar-refractivity contribution >= 4 is 22.9 Å². The average molecular weight is 535 g/mol. The molecule has 3 aromatic rings. The molecule has 2 N–H and O–H groups in total. The SMILES string of the molecule is COc1ccc(CC(=O)N2CCC(CC(=O)O)C(CCN3CCC(n4c(=O)[nH]c5ccccc54)CC3)C2)cc1. The minimum absolute atomic E-state index is 0.0484. The Balaban J connectivity index is 1.17. The van der Waals surface area contributed by atoms with Crippen LogP contribution < -0.4 is 10.4 Å². The van der Waals surface area contributed by atoms with Gasteiger partial charge in [0.25, 0.3) is 0 Å². The summed E-state index contributed by atoms with van der Waals surface area (Å²) in [5.41, 5.74) is 2.73. The summed E-state index contributed by atoms with van der Waals surface area (Å²) < 4.78 is 7.11. The van der Waals surface area contributed by atoms with Gasteiger partial charge in [0.05, 0.1) is 24.6 Å². The van der Waals surface area contributed by atoms with Gasteiger partial charge in [-0.1, -0.05) is 24.3 Å². The number of piperidine rings is 2. The van der Waals surface area contributed by atoms with E-state index in [1.165, 1.54) is 0 Å². The number of imidazole rings is 1. The molecule has 2 atom stereocenters. The molecule has 2 unspecified atom stereocenters. The maximum atomic E-state index is 13.1. The highest BCUT2D eigenvalue weighted by Gasteiger charge is 2.33. The summed E-state index contributed by atoms with van der Waals surface area (Å²) in [6.07, 6.45) is 3.87. The number of ether oxygens (including phenoxy) is 1. The number of aromatic amines is 1. The van der Waals surface area contributed by atoms with Gasteiger partial charge in [-0.2, -0.15) is 0 Å². The van der Waals surface area contributed by atoms with Crippen LogP contribution in [0, 0.1) is 11.8 Å². The van der Waals surface area contributed by atoms with E-state index < -0.39 is 5.97 Å². The normalized spacial score (nSPS) is 20.8. The molecule has 3 heterocycles. The van der Waals surface area contributed by atoms with Crippen LogP contribution in [0.2, 0.25) is 0 Å². The van der Waals surface area contributed by atoms with Crippen LogP contribution in [0.4, 0.5) is 0 Å². The van der Waals surface area contributed by atoms with Crippen LogP contribution in [-0.4, -0.2) is 76.2 Å². The van der Waals surface area contributed by atoms with E-state index in [0.29, 0.717) is 19.5 Å². The van der Waals surface area contributed by atoms with Gasteiger partial charge in [0, 0.05) is 38.6 Å². The number of rotatable bonds is 9. The molecule has 1 amide bonds. The van der Waals surface area contributed by atoms with Gasteiger partial charge in [-0.15, -0.1) is 0 Å². The molecule has 0 saturated carbocycles. The molecule has 2 aliphatic heterocycles. The number of likely N-dealkylation sites (tertiary alicyclic amines) is 2. The quantitative estimate of drug-likeness (QED) is 0.435. The zero-order valence-corrected chi connectivity index (χ0v) is 22.6. The number of carbonyl (C=O) groups excluding carboxylic acids is 1. The molecular weight excluding hydrogens is 496 g/mol. The zero-order chi connectivity index (χ0) is 27.4. The van der Waals surface area contributed by atoms with Gasteiger partial charge in [-0.25, -0.2) is 4.79 Å². The molecule has 0 radical (unpaired) electrons.